The van der Waals surface area contributed by atoms with Gasteiger partial charge in [-0.05, 0) is 18.6 Å². The predicted octanol–water partition coefficient (Wildman–Crippen LogP) is 0.171. The quantitative estimate of drug-likeness (QED) is 0.699. The van der Waals surface area contributed by atoms with E-state index in [4.69, 9.17) is 0 Å². The highest BCUT2D eigenvalue weighted by Gasteiger charge is 2.43. The van der Waals surface area contributed by atoms with Gasteiger partial charge < -0.3 is 5.32 Å². The summed E-state index contributed by atoms with van der Waals surface area (Å²) in [6, 6.07) is 6.00. The molecule has 0 spiro atoms. The van der Waals surface area contributed by atoms with Crippen molar-refractivity contribution in [1.29, 1.82) is 0 Å². The van der Waals surface area contributed by atoms with Crippen molar-refractivity contribution >= 4 is 17.7 Å². The molecule has 1 aromatic carbocycles. The summed E-state index contributed by atoms with van der Waals surface area (Å²) < 4.78 is 0. The highest BCUT2D eigenvalue weighted by molar-refractivity contribution is 6.22. The van der Waals surface area contributed by atoms with E-state index in [1.807, 2.05) is 0 Å². The minimum Gasteiger partial charge on any atom is -0.354 e. The highest BCUT2D eigenvalue weighted by atomic mass is 16.2. The fraction of sp³-hybridized carbons (Fsp3) is 0.250. The maximum Gasteiger partial charge on any atom is 0.262 e. The van der Waals surface area contributed by atoms with Crippen molar-refractivity contribution in [3.63, 3.8) is 0 Å². The molecule has 17 heavy (non-hydrogen) atoms. The molecule has 1 fully saturated rings. The molecule has 1 N–H and O–H groups in total. The molecule has 5 nitrogen and oxygen atoms in total. The Morgan fingerprint density at radius 2 is 1.65 bits per heavy atom. The first-order chi connectivity index (χ1) is 8.20. The van der Waals surface area contributed by atoms with E-state index in [1.165, 1.54) is 0 Å². The molecule has 3 amide bonds. The zero-order valence-corrected chi connectivity index (χ0v) is 8.97. The van der Waals surface area contributed by atoms with Crippen LogP contribution in [0.3, 0.4) is 0 Å². The Morgan fingerprint density at radius 3 is 2.12 bits per heavy atom. The molecule has 0 aliphatic carbocycles. The van der Waals surface area contributed by atoms with E-state index in [1.54, 1.807) is 24.3 Å². The maximum atomic E-state index is 12.1. The normalized spacial score (nSPS) is 22.9. The third-order valence-corrected chi connectivity index (χ3v) is 3.16. The van der Waals surface area contributed by atoms with Crippen LogP contribution in [-0.4, -0.2) is 35.2 Å². The number of nitrogens with one attached hydrogen (secondary N) is 1. The number of imide groups is 1. The van der Waals surface area contributed by atoms with E-state index in [0.717, 1.165) is 4.90 Å². The molecule has 3 rings (SSSR count). The van der Waals surface area contributed by atoms with Crippen molar-refractivity contribution in [3.05, 3.63) is 35.4 Å². The lowest BCUT2D eigenvalue weighted by Gasteiger charge is -2.18. The molecule has 1 atom stereocenters. The number of fused-ring (bicyclic) bond motifs is 1. The Labute approximate surface area is 97.4 Å². The van der Waals surface area contributed by atoms with Crippen molar-refractivity contribution in [2.45, 2.75) is 12.5 Å². The zero-order chi connectivity index (χ0) is 12.0. The van der Waals surface area contributed by atoms with Crippen LogP contribution in [0.4, 0.5) is 0 Å². The smallest absolute Gasteiger partial charge is 0.262 e. The lowest BCUT2D eigenvalue weighted by atomic mass is 10.1. The lowest BCUT2D eigenvalue weighted by Crippen LogP contribution is -2.44. The van der Waals surface area contributed by atoms with Gasteiger partial charge in [-0.2, -0.15) is 0 Å². The first kappa shape index (κ1) is 10.0. The van der Waals surface area contributed by atoms with Gasteiger partial charge in [0.2, 0.25) is 5.91 Å². The van der Waals surface area contributed by atoms with E-state index in [0.29, 0.717) is 24.1 Å². The number of benzene rings is 1. The minimum absolute atomic E-state index is 0.250. The van der Waals surface area contributed by atoms with Gasteiger partial charge >= 0.3 is 0 Å². The molecule has 0 saturated carbocycles. The van der Waals surface area contributed by atoms with Crippen LogP contribution >= 0.6 is 0 Å². The molecule has 5 heteroatoms. The molecule has 0 unspecified atom stereocenters. The molecule has 86 valence electrons. The van der Waals surface area contributed by atoms with Gasteiger partial charge in [-0.25, -0.2) is 0 Å². The number of nitrogens with zero attached hydrogens (tertiary/aromatic N) is 1. The Kier molecular flexibility index (Phi) is 2.01. The van der Waals surface area contributed by atoms with Gasteiger partial charge in [0.1, 0.15) is 6.04 Å². The molecule has 1 saturated heterocycles. The minimum atomic E-state index is -0.651. The van der Waals surface area contributed by atoms with E-state index >= 15 is 0 Å². The van der Waals surface area contributed by atoms with Crippen LogP contribution in [0.2, 0.25) is 0 Å². The van der Waals surface area contributed by atoms with Gasteiger partial charge in [-0.1, -0.05) is 12.1 Å². The fourth-order valence-corrected chi connectivity index (χ4v) is 2.32. The van der Waals surface area contributed by atoms with Gasteiger partial charge in [-0.15, -0.1) is 0 Å². The van der Waals surface area contributed by atoms with E-state index in [2.05, 4.69) is 5.32 Å². The molecule has 1 aromatic rings. The average molecular weight is 230 g/mol. The largest absolute Gasteiger partial charge is 0.354 e. The average Bonchev–Trinajstić information content (AvgIpc) is 2.84. The topological polar surface area (TPSA) is 66.5 Å². The Balaban J connectivity index is 2.03. The number of carbonyl (C=O) groups is 3. The van der Waals surface area contributed by atoms with Crippen molar-refractivity contribution in [2.24, 2.45) is 0 Å². The predicted molar refractivity (Wildman–Crippen MR) is 58.4 cm³/mol. The molecule has 2 aliphatic rings. The van der Waals surface area contributed by atoms with Crippen LogP contribution in [0.5, 0.6) is 0 Å². The first-order valence-electron chi connectivity index (χ1n) is 5.45. The van der Waals surface area contributed by atoms with E-state index < -0.39 is 6.04 Å². The Hall–Kier alpha value is -2.17. The van der Waals surface area contributed by atoms with Crippen molar-refractivity contribution in [1.82, 2.24) is 10.2 Å². The standard InChI is InChI=1S/C12H10N2O3/c15-10-9(5-6-13-10)14-11(16)7-3-1-2-4-8(7)12(14)17/h1-4,9H,5-6H2,(H,13,15)/t9-/m0/s1. The molecule has 0 bridgehead atoms. The highest BCUT2D eigenvalue weighted by Crippen LogP contribution is 2.26. The monoisotopic (exact) mass is 230 g/mol. The van der Waals surface area contributed by atoms with Crippen molar-refractivity contribution in [2.75, 3.05) is 6.54 Å². The van der Waals surface area contributed by atoms with Crippen LogP contribution in [0, 0.1) is 0 Å². The second-order valence-corrected chi connectivity index (χ2v) is 4.12. The third kappa shape index (κ3) is 1.28. The third-order valence-electron chi connectivity index (χ3n) is 3.16. The number of amides is 3. The Morgan fingerprint density at radius 1 is 1.06 bits per heavy atom. The number of rotatable bonds is 1. The zero-order valence-electron chi connectivity index (χ0n) is 8.97. The summed E-state index contributed by atoms with van der Waals surface area (Å²) in [5, 5.41) is 2.63. The Bertz CT molecular complexity index is 503. The van der Waals surface area contributed by atoms with Gasteiger partial charge in [0.25, 0.3) is 11.8 Å². The maximum absolute atomic E-state index is 12.1. The summed E-state index contributed by atoms with van der Waals surface area (Å²) in [5.41, 5.74) is 0.773. The lowest BCUT2D eigenvalue weighted by molar-refractivity contribution is -0.122. The van der Waals surface area contributed by atoms with Crippen LogP contribution in [-0.2, 0) is 4.79 Å². The SMILES string of the molecule is O=C1NCC[C@@H]1N1C(=O)c2ccccc2C1=O. The number of hydrogen-bond donors (Lipinski definition) is 1. The summed E-state index contributed by atoms with van der Waals surface area (Å²) >= 11 is 0. The summed E-state index contributed by atoms with van der Waals surface area (Å²) in [7, 11) is 0. The van der Waals surface area contributed by atoms with Gasteiger partial charge in [0.15, 0.2) is 0 Å². The van der Waals surface area contributed by atoms with Crippen molar-refractivity contribution in [3.8, 4) is 0 Å². The van der Waals surface area contributed by atoms with Crippen LogP contribution in [0.1, 0.15) is 27.1 Å². The summed E-state index contributed by atoms with van der Waals surface area (Å²) in [4.78, 5) is 36.8. The molecule has 0 radical (unpaired) electrons. The van der Waals surface area contributed by atoms with Gasteiger partial charge in [0, 0.05) is 6.54 Å². The summed E-state index contributed by atoms with van der Waals surface area (Å²) in [5.74, 6) is -0.986. The molecule has 2 heterocycles. The number of hydrogen-bond acceptors (Lipinski definition) is 3. The van der Waals surface area contributed by atoms with Gasteiger partial charge in [0.05, 0.1) is 11.1 Å². The summed E-state index contributed by atoms with van der Waals surface area (Å²) in [6.07, 6.45) is 0.490. The van der Waals surface area contributed by atoms with E-state index in [9.17, 15) is 14.4 Å². The first-order valence-corrected chi connectivity index (χ1v) is 5.45. The second-order valence-electron chi connectivity index (χ2n) is 4.12. The van der Waals surface area contributed by atoms with Crippen molar-refractivity contribution < 1.29 is 14.4 Å². The molecule has 2 aliphatic heterocycles. The van der Waals surface area contributed by atoms with E-state index in [-0.39, 0.29) is 17.7 Å². The number of carbonyl (C=O) groups excluding carboxylic acids is 3. The van der Waals surface area contributed by atoms with Crippen LogP contribution < -0.4 is 5.32 Å². The molecule has 0 aromatic heterocycles. The van der Waals surface area contributed by atoms with Gasteiger partial charge in [-0.3, -0.25) is 19.3 Å². The second kappa shape index (κ2) is 3.41. The fourth-order valence-electron chi connectivity index (χ4n) is 2.32. The van der Waals surface area contributed by atoms with Crippen LogP contribution in [0.15, 0.2) is 24.3 Å². The molecular formula is C12H10N2O3. The molecular weight excluding hydrogens is 220 g/mol. The van der Waals surface area contributed by atoms with Crippen LogP contribution in [0.25, 0.3) is 0 Å². The summed E-state index contributed by atoms with van der Waals surface area (Å²) in [6.45, 7) is 0.511.